The second kappa shape index (κ2) is 13.2. The Morgan fingerprint density at radius 3 is 2.81 bits per heavy atom. The fourth-order valence-corrected chi connectivity index (χ4v) is 5.43. The van der Waals surface area contributed by atoms with E-state index >= 15 is 0 Å². The van der Waals surface area contributed by atoms with Crippen LogP contribution in [0.1, 0.15) is 27.4 Å². The monoisotopic (exact) mass is 599 g/mol. The molecule has 0 bridgehead atoms. The molecule has 14 heteroatoms. The lowest BCUT2D eigenvalue weighted by Gasteiger charge is -2.31. The number of morpholine rings is 1. The van der Waals surface area contributed by atoms with Gasteiger partial charge in [-0.3, -0.25) is 9.69 Å². The molecule has 3 aliphatic heterocycles. The van der Waals surface area contributed by atoms with Crippen LogP contribution in [0.5, 0.6) is 5.75 Å². The van der Waals surface area contributed by atoms with E-state index in [-0.39, 0.29) is 30.8 Å². The van der Waals surface area contributed by atoms with E-state index in [1.807, 2.05) is 17.0 Å². The van der Waals surface area contributed by atoms with E-state index in [9.17, 15) is 9.90 Å². The van der Waals surface area contributed by atoms with Crippen LogP contribution in [0, 0.1) is 0 Å². The highest BCUT2D eigenvalue weighted by Crippen LogP contribution is 2.34. The molecule has 3 aromatic rings. The summed E-state index contributed by atoms with van der Waals surface area (Å²) in [5.41, 5.74) is 2.37. The summed E-state index contributed by atoms with van der Waals surface area (Å²) in [7, 11) is 0. The molecule has 3 aliphatic rings. The summed E-state index contributed by atoms with van der Waals surface area (Å²) in [5.74, 6) is 1.90. The molecule has 2 fully saturated rings. The fourth-order valence-electron chi connectivity index (χ4n) is 5.10. The molecule has 6 rings (SSSR count). The number of carbonyl (C=O) groups is 1. The molecule has 1 unspecified atom stereocenters. The van der Waals surface area contributed by atoms with Crippen molar-refractivity contribution in [2.24, 2.45) is 0 Å². The number of benzene rings is 1. The summed E-state index contributed by atoms with van der Waals surface area (Å²) in [4.78, 5) is 30.3. The Morgan fingerprint density at radius 1 is 1.19 bits per heavy atom. The van der Waals surface area contributed by atoms with Crippen molar-refractivity contribution in [1.82, 2.24) is 25.2 Å². The number of aliphatic hydroxyl groups is 1. The Morgan fingerprint density at radius 2 is 2.05 bits per heavy atom. The topological polar surface area (TPSA) is 147 Å². The summed E-state index contributed by atoms with van der Waals surface area (Å²) in [6.45, 7) is 5.75. The van der Waals surface area contributed by atoms with Crippen LogP contribution in [0.3, 0.4) is 0 Å². The first-order chi connectivity index (χ1) is 20.5. The standard InChI is InChI=1S/C28H34ClN7O6/c29-26-22-3-4-35(12-18(22)1-2-24(26)41-16-21-11-30-17-42-21)13-20(37)10-31-27(38)23-9-25(32-19-14-40-15-19)34-28(33-23)36-5-7-39-8-6-36/h1-2,9,11,17,19-20,37H,3-8,10,12-16H2,(H,31,38)(H,32,33,34). The molecular formula is C28H34ClN7O6. The molecule has 0 radical (unpaired) electrons. The van der Waals surface area contributed by atoms with Gasteiger partial charge < -0.3 is 39.3 Å². The van der Waals surface area contributed by atoms with Gasteiger partial charge in [0, 0.05) is 45.3 Å². The third-order valence-electron chi connectivity index (χ3n) is 7.43. The number of nitrogens with zero attached hydrogens (tertiary/aromatic N) is 5. The first kappa shape index (κ1) is 28.6. The molecule has 42 heavy (non-hydrogen) atoms. The van der Waals surface area contributed by atoms with Crippen molar-refractivity contribution >= 4 is 29.3 Å². The Bertz CT molecular complexity index is 1370. The van der Waals surface area contributed by atoms with Crippen LogP contribution in [0.4, 0.5) is 11.8 Å². The Balaban J connectivity index is 1.03. The third kappa shape index (κ3) is 6.93. The van der Waals surface area contributed by atoms with Gasteiger partial charge in [0.25, 0.3) is 5.91 Å². The van der Waals surface area contributed by atoms with Gasteiger partial charge in [-0.2, -0.15) is 4.98 Å². The first-order valence-corrected chi connectivity index (χ1v) is 14.4. The molecule has 3 N–H and O–H groups in total. The third-order valence-corrected chi connectivity index (χ3v) is 7.84. The minimum atomic E-state index is -0.763. The zero-order chi connectivity index (χ0) is 28.9. The maximum Gasteiger partial charge on any atom is 0.270 e. The lowest BCUT2D eigenvalue weighted by Crippen LogP contribution is -2.43. The number of aliphatic hydroxyl groups excluding tert-OH is 1. The number of rotatable bonds is 11. The van der Waals surface area contributed by atoms with Gasteiger partial charge in [-0.05, 0) is 23.6 Å². The van der Waals surface area contributed by atoms with Crippen LogP contribution in [0.2, 0.25) is 5.02 Å². The number of halogens is 1. The zero-order valence-corrected chi connectivity index (χ0v) is 23.9. The number of anilines is 2. The van der Waals surface area contributed by atoms with Crippen LogP contribution < -0.4 is 20.3 Å². The number of hydrogen-bond acceptors (Lipinski definition) is 12. The normalized spacial score (nSPS) is 18.2. The SMILES string of the molecule is O=C(NCC(O)CN1CCc2c(ccc(OCc3cnco3)c2Cl)C1)c1cc(NC2COC2)nc(N2CCOCC2)n1. The van der Waals surface area contributed by atoms with E-state index in [2.05, 4.69) is 30.5 Å². The van der Waals surface area contributed by atoms with Gasteiger partial charge in [-0.25, -0.2) is 9.97 Å². The average Bonchev–Trinajstić information content (AvgIpc) is 3.51. The molecule has 2 aromatic heterocycles. The number of fused-ring (bicyclic) bond motifs is 1. The molecule has 224 valence electrons. The number of aromatic nitrogens is 3. The van der Waals surface area contributed by atoms with E-state index in [1.54, 1.807) is 12.3 Å². The van der Waals surface area contributed by atoms with Crippen LogP contribution in [0.25, 0.3) is 0 Å². The summed E-state index contributed by atoms with van der Waals surface area (Å²) in [6.07, 6.45) is 2.93. The highest BCUT2D eigenvalue weighted by molar-refractivity contribution is 6.33. The van der Waals surface area contributed by atoms with E-state index < -0.39 is 6.10 Å². The van der Waals surface area contributed by atoms with Crippen LogP contribution in [-0.4, -0.2) is 102 Å². The van der Waals surface area contributed by atoms with Gasteiger partial charge in [0.2, 0.25) is 5.95 Å². The van der Waals surface area contributed by atoms with Gasteiger partial charge in [0.05, 0.1) is 49.8 Å². The number of ether oxygens (including phenoxy) is 3. The fraction of sp³-hybridized carbons (Fsp3) is 0.500. The molecule has 0 spiro atoms. The molecule has 13 nitrogen and oxygen atoms in total. The molecule has 1 amide bonds. The number of amides is 1. The van der Waals surface area contributed by atoms with Crippen molar-refractivity contribution in [2.45, 2.75) is 31.7 Å². The Hall–Kier alpha value is -3.49. The number of oxazole rings is 1. The van der Waals surface area contributed by atoms with Crippen molar-refractivity contribution < 1.29 is 28.5 Å². The summed E-state index contributed by atoms with van der Waals surface area (Å²) >= 11 is 6.66. The van der Waals surface area contributed by atoms with Crippen LogP contribution >= 0.6 is 11.6 Å². The van der Waals surface area contributed by atoms with Gasteiger partial charge in [-0.1, -0.05) is 17.7 Å². The number of hydrogen-bond donors (Lipinski definition) is 3. The van der Waals surface area contributed by atoms with Gasteiger partial charge >= 0.3 is 0 Å². The maximum absolute atomic E-state index is 13.1. The van der Waals surface area contributed by atoms with Gasteiger partial charge in [0.15, 0.2) is 12.2 Å². The minimum absolute atomic E-state index is 0.0908. The second-order valence-corrected chi connectivity index (χ2v) is 10.9. The Labute approximate surface area is 248 Å². The van der Waals surface area contributed by atoms with Crippen molar-refractivity contribution in [1.29, 1.82) is 0 Å². The van der Waals surface area contributed by atoms with E-state index in [0.717, 1.165) is 24.1 Å². The second-order valence-electron chi connectivity index (χ2n) is 10.5. The quantitative estimate of drug-likeness (QED) is 0.293. The lowest BCUT2D eigenvalue weighted by atomic mass is 9.99. The van der Waals surface area contributed by atoms with Crippen molar-refractivity contribution in [3.63, 3.8) is 0 Å². The van der Waals surface area contributed by atoms with E-state index in [1.165, 1.54) is 6.39 Å². The Kier molecular flexibility index (Phi) is 9.01. The van der Waals surface area contributed by atoms with Gasteiger partial charge in [0.1, 0.15) is 23.9 Å². The van der Waals surface area contributed by atoms with Crippen LogP contribution in [0.15, 0.2) is 35.2 Å². The predicted octanol–water partition coefficient (Wildman–Crippen LogP) is 1.49. The van der Waals surface area contributed by atoms with Crippen molar-refractivity contribution in [3.05, 3.63) is 58.4 Å². The van der Waals surface area contributed by atoms with E-state index in [0.29, 0.717) is 80.9 Å². The molecule has 1 atom stereocenters. The number of nitrogens with one attached hydrogen (secondary N) is 2. The van der Waals surface area contributed by atoms with Crippen molar-refractivity contribution in [2.75, 3.05) is 69.4 Å². The lowest BCUT2D eigenvalue weighted by molar-refractivity contribution is 0.0209. The smallest absolute Gasteiger partial charge is 0.270 e. The molecular weight excluding hydrogens is 566 g/mol. The van der Waals surface area contributed by atoms with Gasteiger partial charge in [-0.15, -0.1) is 0 Å². The predicted molar refractivity (Wildman–Crippen MR) is 153 cm³/mol. The summed E-state index contributed by atoms with van der Waals surface area (Å²) < 4.78 is 21.7. The largest absolute Gasteiger partial charge is 0.484 e. The zero-order valence-electron chi connectivity index (χ0n) is 23.1. The number of β-amino-alcohol motifs (C(OH)–C–C–N with tert-alkyl or cyclic N) is 1. The summed E-state index contributed by atoms with van der Waals surface area (Å²) in [6, 6.07) is 5.64. The summed E-state index contributed by atoms with van der Waals surface area (Å²) in [5, 5.41) is 17.5. The molecule has 2 saturated heterocycles. The molecule has 0 aliphatic carbocycles. The van der Waals surface area contributed by atoms with E-state index in [4.69, 9.17) is 30.2 Å². The maximum atomic E-state index is 13.1. The molecule has 0 saturated carbocycles. The highest BCUT2D eigenvalue weighted by atomic mass is 35.5. The highest BCUT2D eigenvalue weighted by Gasteiger charge is 2.25. The molecule has 1 aromatic carbocycles. The molecule has 5 heterocycles. The van der Waals surface area contributed by atoms with Crippen molar-refractivity contribution in [3.8, 4) is 5.75 Å². The number of carbonyl (C=O) groups excluding carboxylic acids is 1. The van der Waals surface area contributed by atoms with Crippen LogP contribution in [-0.2, 0) is 29.0 Å². The minimum Gasteiger partial charge on any atom is -0.484 e. The first-order valence-electron chi connectivity index (χ1n) is 14.1. The average molecular weight is 600 g/mol.